The number of hydrogen-bond acceptors (Lipinski definition) is 2. The SMILES string of the molecule is CCCc1cccc(-c2nc(C)c(C)[nH]c2=O)c1. The quantitative estimate of drug-likeness (QED) is 0.899. The highest BCUT2D eigenvalue weighted by Crippen LogP contribution is 2.16. The maximum absolute atomic E-state index is 11.9. The third-order valence-electron chi connectivity index (χ3n) is 3.08. The van der Waals surface area contributed by atoms with Gasteiger partial charge < -0.3 is 4.98 Å². The van der Waals surface area contributed by atoms with Crippen molar-refractivity contribution in [2.45, 2.75) is 33.6 Å². The standard InChI is InChI=1S/C15H18N2O/c1-4-6-12-7-5-8-13(9-12)14-15(18)17-11(3)10(2)16-14/h5,7-9H,4,6H2,1-3H3,(H,17,18). The van der Waals surface area contributed by atoms with Crippen LogP contribution in [0.25, 0.3) is 11.3 Å². The molecule has 1 aromatic carbocycles. The van der Waals surface area contributed by atoms with Gasteiger partial charge in [0.2, 0.25) is 0 Å². The van der Waals surface area contributed by atoms with Crippen LogP contribution in [0, 0.1) is 13.8 Å². The molecular formula is C15H18N2O. The van der Waals surface area contributed by atoms with E-state index in [1.165, 1.54) is 5.56 Å². The molecule has 0 saturated heterocycles. The van der Waals surface area contributed by atoms with Crippen molar-refractivity contribution in [2.75, 3.05) is 0 Å². The number of aromatic amines is 1. The van der Waals surface area contributed by atoms with Crippen molar-refractivity contribution >= 4 is 0 Å². The molecule has 0 aliphatic heterocycles. The van der Waals surface area contributed by atoms with Crippen LogP contribution in [0.2, 0.25) is 0 Å². The van der Waals surface area contributed by atoms with E-state index in [1.807, 2.05) is 26.0 Å². The summed E-state index contributed by atoms with van der Waals surface area (Å²) >= 11 is 0. The van der Waals surface area contributed by atoms with Gasteiger partial charge in [0.1, 0.15) is 5.69 Å². The largest absolute Gasteiger partial charge is 0.323 e. The first-order chi connectivity index (χ1) is 8.61. The maximum atomic E-state index is 11.9. The number of aromatic nitrogens is 2. The van der Waals surface area contributed by atoms with Crippen molar-refractivity contribution in [1.29, 1.82) is 0 Å². The van der Waals surface area contributed by atoms with Crippen LogP contribution in [0.4, 0.5) is 0 Å². The number of nitrogens with one attached hydrogen (secondary N) is 1. The summed E-state index contributed by atoms with van der Waals surface area (Å²) in [4.78, 5) is 19.2. The summed E-state index contributed by atoms with van der Waals surface area (Å²) in [6, 6.07) is 8.06. The van der Waals surface area contributed by atoms with Crippen molar-refractivity contribution in [3.05, 3.63) is 51.6 Å². The highest BCUT2D eigenvalue weighted by Gasteiger charge is 2.07. The van der Waals surface area contributed by atoms with Gasteiger partial charge in [0.25, 0.3) is 5.56 Å². The van der Waals surface area contributed by atoms with E-state index in [-0.39, 0.29) is 5.56 Å². The second kappa shape index (κ2) is 5.17. The van der Waals surface area contributed by atoms with Gasteiger partial charge in [0.05, 0.1) is 5.69 Å². The van der Waals surface area contributed by atoms with Gasteiger partial charge >= 0.3 is 0 Å². The lowest BCUT2D eigenvalue weighted by Crippen LogP contribution is -2.14. The van der Waals surface area contributed by atoms with Crippen molar-refractivity contribution in [2.24, 2.45) is 0 Å². The molecule has 0 atom stereocenters. The Labute approximate surface area is 107 Å². The van der Waals surface area contributed by atoms with Crippen LogP contribution in [0.15, 0.2) is 29.1 Å². The Bertz CT molecular complexity index is 614. The number of benzene rings is 1. The van der Waals surface area contributed by atoms with Crippen LogP contribution in [-0.2, 0) is 6.42 Å². The van der Waals surface area contributed by atoms with Gasteiger partial charge in [-0.25, -0.2) is 4.98 Å². The van der Waals surface area contributed by atoms with Gasteiger partial charge in [-0.05, 0) is 31.9 Å². The average Bonchev–Trinajstić information content (AvgIpc) is 2.34. The van der Waals surface area contributed by atoms with Crippen LogP contribution in [0.3, 0.4) is 0 Å². The molecule has 0 bridgehead atoms. The Morgan fingerprint density at radius 3 is 2.78 bits per heavy atom. The van der Waals surface area contributed by atoms with Crippen molar-refractivity contribution in [3.63, 3.8) is 0 Å². The minimum absolute atomic E-state index is 0.119. The van der Waals surface area contributed by atoms with E-state index >= 15 is 0 Å². The zero-order chi connectivity index (χ0) is 13.1. The average molecular weight is 242 g/mol. The monoisotopic (exact) mass is 242 g/mol. The van der Waals surface area contributed by atoms with Crippen LogP contribution in [0.5, 0.6) is 0 Å². The molecule has 2 aromatic rings. The summed E-state index contributed by atoms with van der Waals surface area (Å²) in [5.41, 5.74) is 4.22. The first-order valence-corrected chi connectivity index (χ1v) is 6.28. The zero-order valence-corrected chi connectivity index (χ0v) is 11.1. The van der Waals surface area contributed by atoms with E-state index in [1.54, 1.807) is 0 Å². The van der Waals surface area contributed by atoms with Gasteiger partial charge in [0, 0.05) is 11.3 Å². The van der Waals surface area contributed by atoms with Crippen molar-refractivity contribution in [3.8, 4) is 11.3 Å². The summed E-state index contributed by atoms with van der Waals surface area (Å²) in [7, 11) is 0. The second-order valence-electron chi connectivity index (χ2n) is 4.58. The molecule has 0 spiro atoms. The molecule has 1 N–H and O–H groups in total. The second-order valence-corrected chi connectivity index (χ2v) is 4.58. The zero-order valence-electron chi connectivity index (χ0n) is 11.1. The molecule has 1 heterocycles. The van der Waals surface area contributed by atoms with Crippen molar-refractivity contribution < 1.29 is 0 Å². The number of aryl methyl sites for hydroxylation is 3. The summed E-state index contributed by atoms with van der Waals surface area (Å²) in [6.45, 7) is 5.92. The van der Waals surface area contributed by atoms with Crippen LogP contribution in [0.1, 0.15) is 30.3 Å². The summed E-state index contributed by atoms with van der Waals surface area (Å²) in [5.74, 6) is 0. The Morgan fingerprint density at radius 1 is 1.28 bits per heavy atom. The van der Waals surface area contributed by atoms with E-state index in [9.17, 15) is 4.79 Å². The predicted octanol–water partition coefficient (Wildman–Crippen LogP) is 3.01. The Balaban J connectivity index is 2.51. The van der Waals surface area contributed by atoms with Crippen LogP contribution in [-0.4, -0.2) is 9.97 Å². The highest BCUT2D eigenvalue weighted by molar-refractivity contribution is 5.59. The molecule has 3 heteroatoms. The molecule has 1 aromatic heterocycles. The van der Waals surface area contributed by atoms with E-state index in [0.717, 1.165) is 29.8 Å². The molecule has 94 valence electrons. The number of rotatable bonds is 3. The molecule has 0 radical (unpaired) electrons. The van der Waals surface area contributed by atoms with E-state index in [4.69, 9.17) is 0 Å². The summed E-state index contributed by atoms with van der Waals surface area (Å²) < 4.78 is 0. The first-order valence-electron chi connectivity index (χ1n) is 6.28. The lowest BCUT2D eigenvalue weighted by Gasteiger charge is -2.06. The molecular weight excluding hydrogens is 224 g/mol. The maximum Gasteiger partial charge on any atom is 0.274 e. The van der Waals surface area contributed by atoms with Gasteiger partial charge in [-0.3, -0.25) is 4.79 Å². The van der Waals surface area contributed by atoms with Gasteiger partial charge in [-0.1, -0.05) is 31.5 Å². The number of hydrogen-bond donors (Lipinski definition) is 1. The van der Waals surface area contributed by atoms with Gasteiger partial charge in [-0.15, -0.1) is 0 Å². The number of H-pyrrole nitrogens is 1. The van der Waals surface area contributed by atoms with E-state index in [0.29, 0.717) is 5.69 Å². The van der Waals surface area contributed by atoms with Crippen LogP contribution < -0.4 is 5.56 Å². The normalized spacial score (nSPS) is 10.6. The molecule has 3 nitrogen and oxygen atoms in total. The van der Waals surface area contributed by atoms with E-state index in [2.05, 4.69) is 29.0 Å². The van der Waals surface area contributed by atoms with Crippen LogP contribution >= 0.6 is 0 Å². The third-order valence-corrected chi connectivity index (χ3v) is 3.08. The molecule has 0 amide bonds. The molecule has 0 aliphatic carbocycles. The lowest BCUT2D eigenvalue weighted by molar-refractivity contribution is 0.921. The molecule has 18 heavy (non-hydrogen) atoms. The highest BCUT2D eigenvalue weighted by atomic mass is 16.1. The summed E-state index contributed by atoms with van der Waals surface area (Å²) in [5, 5.41) is 0. The van der Waals surface area contributed by atoms with Gasteiger partial charge in [-0.2, -0.15) is 0 Å². The Hall–Kier alpha value is -1.90. The van der Waals surface area contributed by atoms with E-state index < -0.39 is 0 Å². The first kappa shape index (κ1) is 12.6. The molecule has 0 fully saturated rings. The molecule has 0 saturated carbocycles. The van der Waals surface area contributed by atoms with Crippen molar-refractivity contribution in [1.82, 2.24) is 9.97 Å². The summed E-state index contributed by atoms with van der Waals surface area (Å²) in [6.07, 6.45) is 2.12. The molecule has 0 unspecified atom stereocenters. The van der Waals surface area contributed by atoms with Gasteiger partial charge in [0.15, 0.2) is 0 Å². The Kier molecular flexibility index (Phi) is 3.60. The predicted molar refractivity (Wildman–Crippen MR) is 73.8 cm³/mol. The fourth-order valence-electron chi connectivity index (χ4n) is 1.98. The topological polar surface area (TPSA) is 45.8 Å². The smallest absolute Gasteiger partial charge is 0.274 e. The number of nitrogens with zero attached hydrogens (tertiary/aromatic N) is 1. The fourth-order valence-corrected chi connectivity index (χ4v) is 1.98. The fraction of sp³-hybridized carbons (Fsp3) is 0.333. The minimum Gasteiger partial charge on any atom is -0.323 e. The third kappa shape index (κ3) is 2.50. The minimum atomic E-state index is -0.119. The Morgan fingerprint density at radius 2 is 2.06 bits per heavy atom. The molecule has 0 aliphatic rings. The molecule has 2 rings (SSSR count). The lowest BCUT2D eigenvalue weighted by atomic mass is 10.0.